The van der Waals surface area contributed by atoms with Gasteiger partial charge in [-0.15, -0.1) is 0 Å². The Balaban J connectivity index is 1.34. The number of fused-ring (bicyclic) bond motifs is 1. The average Bonchev–Trinajstić information content (AvgIpc) is 3.27. The molecule has 0 atom stereocenters. The summed E-state index contributed by atoms with van der Waals surface area (Å²) < 4.78 is 15.9. The van der Waals surface area contributed by atoms with Crippen molar-refractivity contribution in [1.29, 1.82) is 0 Å². The normalized spacial score (nSPS) is 14.7. The molecule has 0 aliphatic carbocycles. The Morgan fingerprint density at radius 2 is 2.03 bits per heavy atom. The number of aromatic nitrogens is 2. The molecule has 1 aliphatic heterocycles. The van der Waals surface area contributed by atoms with Crippen molar-refractivity contribution in [3.63, 3.8) is 0 Å². The Morgan fingerprint density at radius 1 is 1.23 bits per heavy atom. The van der Waals surface area contributed by atoms with Crippen molar-refractivity contribution < 1.29 is 18.7 Å². The predicted octanol–water partition coefficient (Wildman–Crippen LogP) is 3.48. The van der Waals surface area contributed by atoms with E-state index >= 15 is 0 Å². The van der Waals surface area contributed by atoms with Crippen LogP contribution in [0, 0.1) is 6.92 Å². The number of aryl methyl sites for hydroxylation is 1. The highest BCUT2D eigenvalue weighted by Gasteiger charge is 2.22. The Labute approximate surface area is 181 Å². The fourth-order valence-electron chi connectivity index (χ4n) is 3.83. The van der Waals surface area contributed by atoms with Crippen molar-refractivity contribution in [2.24, 2.45) is 0 Å². The first-order valence-corrected chi connectivity index (χ1v) is 10.6. The molecule has 0 saturated carbocycles. The molecule has 3 aromatic rings. The van der Waals surface area contributed by atoms with Gasteiger partial charge in [0.15, 0.2) is 0 Å². The van der Waals surface area contributed by atoms with Gasteiger partial charge >= 0.3 is 5.97 Å². The lowest BCUT2D eigenvalue weighted by Crippen LogP contribution is -2.43. The molecule has 3 heterocycles. The summed E-state index contributed by atoms with van der Waals surface area (Å²) in [6.07, 6.45) is 1.95. The summed E-state index contributed by atoms with van der Waals surface area (Å²) in [7, 11) is 1.66. The Bertz CT molecular complexity index is 1060. The monoisotopic (exact) mass is 424 g/mol. The van der Waals surface area contributed by atoms with Crippen molar-refractivity contribution in [1.82, 2.24) is 15.3 Å². The number of piperidine rings is 1. The second kappa shape index (κ2) is 9.34. The van der Waals surface area contributed by atoms with Crippen molar-refractivity contribution in [2.75, 3.05) is 31.7 Å². The maximum Gasteiger partial charge on any atom is 0.374 e. The molecule has 1 aliphatic rings. The zero-order chi connectivity index (χ0) is 21.8. The molecule has 0 unspecified atom stereocenters. The molecule has 1 saturated heterocycles. The summed E-state index contributed by atoms with van der Waals surface area (Å²) in [5, 5.41) is 4.56. The van der Waals surface area contributed by atoms with E-state index in [2.05, 4.69) is 10.2 Å². The van der Waals surface area contributed by atoms with E-state index in [4.69, 9.17) is 23.9 Å². The number of esters is 1. The van der Waals surface area contributed by atoms with Crippen LogP contribution in [0.3, 0.4) is 0 Å². The van der Waals surface area contributed by atoms with Gasteiger partial charge in [0.2, 0.25) is 11.7 Å². The number of hydrogen-bond acceptors (Lipinski definition) is 8. The molecule has 8 heteroatoms. The van der Waals surface area contributed by atoms with Gasteiger partial charge in [-0.25, -0.2) is 14.8 Å². The van der Waals surface area contributed by atoms with E-state index in [-0.39, 0.29) is 5.76 Å². The van der Waals surface area contributed by atoms with E-state index in [1.807, 2.05) is 31.2 Å². The smallest absolute Gasteiger partial charge is 0.374 e. The first kappa shape index (κ1) is 21.1. The van der Waals surface area contributed by atoms with E-state index in [0.29, 0.717) is 19.2 Å². The fraction of sp³-hybridized carbons (Fsp3) is 0.435. The Morgan fingerprint density at radius 3 is 2.77 bits per heavy atom. The minimum Gasteiger partial charge on any atom is -0.497 e. The van der Waals surface area contributed by atoms with Crippen molar-refractivity contribution in [2.45, 2.75) is 39.3 Å². The third-order valence-electron chi connectivity index (χ3n) is 5.56. The lowest BCUT2D eigenvalue weighted by atomic mass is 10.1. The van der Waals surface area contributed by atoms with Crippen LogP contribution < -0.4 is 15.0 Å². The van der Waals surface area contributed by atoms with E-state index in [9.17, 15) is 4.79 Å². The molecular formula is C23H28N4O4. The number of nitrogens with zero attached hydrogens (tertiary/aromatic N) is 3. The largest absolute Gasteiger partial charge is 0.497 e. The molecule has 1 aromatic carbocycles. The van der Waals surface area contributed by atoms with Gasteiger partial charge in [-0.2, -0.15) is 0 Å². The summed E-state index contributed by atoms with van der Waals surface area (Å²) in [4.78, 5) is 23.5. The SMILES string of the molecule is CCOC(=O)c1ccc(CNC2CCN(c3nc(C)c4ccc(OC)cc4n3)CC2)o1. The van der Waals surface area contributed by atoms with Gasteiger partial charge in [-0.1, -0.05) is 0 Å². The van der Waals surface area contributed by atoms with Gasteiger partial charge in [0, 0.05) is 30.6 Å². The number of nitrogens with one attached hydrogen (secondary N) is 1. The summed E-state index contributed by atoms with van der Waals surface area (Å²) in [5.41, 5.74) is 1.87. The van der Waals surface area contributed by atoms with Crippen molar-refractivity contribution >= 4 is 22.8 Å². The molecule has 1 fully saturated rings. The molecule has 0 amide bonds. The number of hydrogen-bond donors (Lipinski definition) is 1. The van der Waals surface area contributed by atoms with Crippen LogP contribution in [0.1, 0.15) is 41.8 Å². The van der Waals surface area contributed by atoms with E-state index in [0.717, 1.165) is 60.0 Å². The summed E-state index contributed by atoms with van der Waals surface area (Å²) in [6.45, 7) is 6.45. The second-order valence-electron chi connectivity index (χ2n) is 7.62. The highest BCUT2D eigenvalue weighted by Crippen LogP contribution is 2.25. The minimum atomic E-state index is -0.426. The Kier molecular flexibility index (Phi) is 6.36. The number of benzene rings is 1. The average molecular weight is 425 g/mol. The van der Waals surface area contributed by atoms with Crippen LogP contribution in [0.4, 0.5) is 5.95 Å². The van der Waals surface area contributed by atoms with Crippen LogP contribution in [-0.2, 0) is 11.3 Å². The molecule has 0 spiro atoms. The van der Waals surface area contributed by atoms with Crippen LogP contribution in [0.25, 0.3) is 10.9 Å². The maximum absolute atomic E-state index is 11.7. The zero-order valence-electron chi connectivity index (χ0n) is 18.2. The third-order valence-corrected chi connectivity index (χ3v) is 5.56. The first-order valence-electron chi connectivity index (χ1n) is 10.6. The second-order valence-corrected chi connectivity index (χ2v) is 7.62. The van der Waals surface area contributed by atoms with Crippen LogP contribution in [0.5, 0.6) is 5.75 Å². The van der Waals surface area contributed by atoms with Crippen LogP contribution in [-0.4, -0.2) is 48.8 Å². The molecule has 164 valence electrons. The number of carbonyl (C=O) groups is 1. The predicted molar refractivity (Wildman–Crippen MR) is 118 cm³/mol. The van der Waals surface area contributed by atoms with Crippen LogP contribution in [0.15, 0.2) is 34.7 Å². The fourth-order valence-corrected chi connectivity index (χ4v) is 3.83. The molecule has 2 aromatic heterocycles. The van der Waals surface area contributed by atoms with Crippen molar-refractivity contribution in [3.8, 4) is 5.75 Å². The quantitative estimate of drug-likeness (QED) is 0.577. The number of carbonyl (C=O) groups excluding carboxylic acids is 1. The molecule has 8 nitrogen and oxygen atoms in total. The number of rotatable bonds is 7. The lowest BCUT2D eigenvalue weighted by Gasteiger charge is -2.32. The van der Waals surface area contributed by atoms with Crippen molar-refractivity contribution in [3.05, 3.63) is 47.5 Å². The maximum atomic E-state index is 11.7. The highest BCUT2D eigenvalue weighted by atomic mass is 16.5. The van der Waals surface area contributed by atoms with Gasteiger partial charge in [0.05, 0.1) is 31.5 Å². The van der Waals surface area contributed by atoms with Crippen LogP contribution in [0.2, 0.25) is 0 Å². The van der Waals surface area contributed by atoms with Gasteiger partial charge < -0.3 is 24.1 Å². The molecule has 31 heavy (non-hydrogen) atoms. The number of furan rings is 1. The zero-order valence-corrected chi connectivity index (χ0v) is 18.2. The first-order chi connectivity index (χ1) is 15.1. The molecular weight excluding hydrogens is 396 g/mol. The number of ether oxygens (including phenoxy) is 2. The minimum absolute atomic E-state index is 0.244. The molecule has 4 rings (SSSR count). The van der Waals surface area contributed by atoms with E-state index < -0.39 is 5.97 Å². The molecule has 0 radical (unpaired) electrons. The third kappa shape index (κ3) is 4.80. The van der Waals surface area contributed by atoms with Gasteiger partial charge in [0.1, 0.15) is 11.5 Å². The topological polar surface area (TPSA) is 89.7 Å². The number of anilines is 1. The number of methoxy groups -OCH3 is 1. The van der Waals surface area contributed by atoms with Gasteiger partial charge in [-0.05, 0) is 51.0 Å². The van der Waals surface area contributed by atoms with Gasteiger partial charge in [0.25, 0.3) is 0 Å². The Hall–Kier alpha value is -3.13. The lowest BCUT2D eigenvalue weighted by molar-refractivity contribution is 0.0487. The molecule has 0 bridgehead atoms. The highest BCUT2D eigenvalue weighted by molar-refractivity contribution is 5.86. The van der Waals surface area contributed by atoms with E-state index in [1.165, 1.54) is 0 Å². The summed E-state index contributed by atoms with van der Waals surface area (Å²) >= 11 is 0. The van der Waals surface area contributed by atoms with E-state index in [1.54, 1.807) is 20.1 Å². The standard InChI is InChI=1S/C23H28N4O4/c1-4-30-22(28)21-8-6-18(31-21)14-24-16-9-11-27(12-10-16)23-25-15(2)19-7-5-17(29-3)13-20(19)26-23/h5-8,13,16,24H,4,9-12,14H2,1-3H3. The van der Waals surface area contributed by atoms with Gasteiger partial charge in [-0.3, -0.25) is 0 Å². The summed E-state index contributed by atoms with van der Waals surface area (Å²) in [5.74, 6) is 2.11. The molecule has 1 N–H and O–H groups in total. The van der Waals surface area contributed by atoms with Crippen LogP contribution >= 0.6 is 0 Å². The summed E-state index contributed by atoms with van der Waals surface area (Å²) in [6, 6.07) is 9.74.